The Labute approximate surface area is 116 Å². The summed E-state index contributed by atoms with van der Waals surface area (Å²) in [5.74, 6) is 6.81. The van der Waals surface area contributed by atoms with Gasteiger partial charge in [0.2, 0.25) is 0 Å². The molecule has 1 atom stereocenters. The summed E-state index contributed by atoms with van der Waals surface area (Å²) in [6.45, 7) is 2.02. The second-order valence-electron chi connectivity index (χ2n) is 4.33. The van der Waals surface area contributed by atoms with E-state index < -0.39 is 5.82 Å². The van der Waals surface area contributed by atoms with E-state index in [4.69, 9.17) is 21.9 Å². The number of rotatable bonds is 5. The number of hydrogen-bond acceptors (Lipinski definition) is 3. The zero-order valence-electron chi connectivity index (χ0n) is 10.6. The van der Waals surface area contributed by atoms with Gasteiger partial charge in [0.25, 0.3) is 0 Å². The molecule has 1 unspecified atom stereocenters. The monoisotopic (exact) mass is 282 g/mol. The molecule has 3 nitrogen and oxygen atoms in total. The molecule has 0 aliphatic carbocycles. The summed E-state index contributed by atoms with van der Waals surface area (Å²) in [6.07, 6.45) is 1.41. The standard InChI is InChI=1S/C14H16ClFN2O/c1-2-10-4-6-14(19-10)13(18-17)8-9-3-5-12(16)11(15)7-9/h3-7,13,18H,2,8,17H2,1H3. The van der Waals surface area contributed by atoms with Crippen LogP contribution in [-0.2, 0) is 12.8 Å². The fourth-order valence-electron chi connectivity index (χ4n) is 1.92. The maximum Gasteiger partial charge on any atom is 0.141 e. The van der Waals surface area contributed by atoms with Crippen LogP contribution in [0, 0.1) is 5.82 Å². The van der Waals surface area contributed by atoms with E-state index in [1.807, 2.05) is 19.1 Å². The first-order valence-electron chi connectivity index (χ1n) is 6.12. The van der Waals surface area contributed by atoms with E-state index in [0.29, 0.717) is 6.42 Å². The zero-order valence-corrected chi connectivity index (χ0v) is 11.4. The third-order valence-electron chi connectivity index (χ3n) is 3.00. The SMILES string of the molecule is CCc1ccc(C(Cc2ccc(F)c(Cl)c2)NN)o1. The Morgan fingerprint density at radius 3 is 2.74 bits per heavy atom. The molecule has 3 N–H and O–H groups in total. The van der Waals surface area contributed by atoms with Crippen LogP contribution >= 0.6 is 11.6 Å². The van der Waals surface area contributed by atoms with Crippen molar-refractivity contribution in [2.75, 3.05) is 0 Å². The molecular weight excluding hydrogens is 267 g/mol. The molecule has 0 aliphatic heterocycles. The molecule has 0 saturated heterocycles. The van der Waals surface area contributed by atoms with Gasteiger partial charge in [0, 0.05) is 6.42 Å². The second kappa shape index (κ2) is 6.19. The molecule has 0 saturated carbocycles. The van der Waals surface area contributed by atoms with Crippen LogP contribution in [0.4, 0.5) is 4.39 Å². The first-order valence-corrected chi connectivity index (χ1v) is 6.50. The van der Waals surface area contributed by atoms with Crippen molar-refractivity contribution in [2.45, 2.75) is 25.8 Å². The number of benzene rings is 1. The van der Waals surface area contributed by atoms with Gasteiger partial charge in [-0.15, -0.1) is 0 Å². The summed E-state index contributed by atoms with van der Waals surface area (Å²) in [5, 5.41) is 0.113. The summed E-state index contributed by atoms with van der Waals surface area (Å²) in [6, 6.07) is 8.30. The van der Waals surface area contributed by atoms with Gasteiger partial charge in [0.1, 0.15) is 17.3 Å². The Kier molecular flexibility index (Phi) is 4.58. The van der Waals surface area contributed by atoms with E-state index in [1.165, 1.54) is 6.07 Å². The van der Waals surface area contributed by atoms with Crippen molar-refractivity contribution < 1.29 is 8.81 Å². The van der Waals surface area contributed by atoms with Gasteiger partial charge in [-0.2, -0.15) is 0 Å². The normalized spacial score (nSPS) is 12.6. The van der Waals surface area contributed by atoms with Gasteiger partial charge >= 0.3 is 0 Å². The molecule has 0 aliphatic rings. The summed E-state index contributed by atoms with van der Waals surface area (Å²) >= 11 is 5.76. The molecule has 2 aromatic rings. The topological polar surface area (TPSA) is 51.2 Å². The summed E-state index contributed by atoms with van der Waals surface area (Å²) in [5.41, 5.74) is 3.60. The number of hydrazine groups is 1. The highest BCUT2D eigenvalue weighted by Crippen LogP contribution is 2.23. The highest BCUT2D eigenvalue weighted by atomic mass is 35.5. The maximum atomic E-state index is 13.1. The molecule has 0 amide bonds. The molecule has 19 heavy (non-hydrogen) atoms. The quantitative estimate of drug-likeness (QED) is 0.653. The first kappa shape index (κ1) is 14.1. The summed E-state index contributed by atoms with van der Waals surface area (Å²) < 4.78 is 18.8. The van der Waals surface area contributed by atoms with Gasteiger partial charge in [0.15, 0.2) is 0 Å². The average Bonchev–Trinajstić information content (AvgIpc) is 2.88. The Morgan fingerprint density at radius 2 is 2.16 bits per heavy atom. The third-order valence-corrected chi connectivity index (χ3v) is 3.29. The van der Waals surface area contributed by atoms with Crippen LogP contribution in [0.15, 0.2) is 34.7 Å². The fraction of sp³-hybridized carbons (Fsp3) is 0.286. The molecule has 102 valence electrons. The zero-order chi connectivity index (χ0) is 13.8. The largest absolute Gasteiger partial charge is 0.464 e. The van der Waals surface area contributed by atoms with Crippen molar-refractivity contribution in [3.63, 3.8) is 0 Å². The molecule has 0 bridgehead atoms. The molecular formula is C14H16ClFN2O. The molecule has 1 aromatic heterocycles. The summed E-state index contributed by atoms with van der Waals surface area (Å²) in [7, 11) is 0. The van der Waals surface area contributed by atoms with Crippen molar-refractivity contribution in [3.8, 4) is 0 Å². The van der Waals surface area contributed by atoms with E-state index in [0.717, 1.165) is 23.5 Å². The minimum Gasteiger partial charge on any atom is -0.464 e. The van der Waals surface area contributed by atoms with Gasteiger partial charge < -0.3 is 4.42 Å². The van der Waals surface area contributed by atoms with Crippen LogP contribution in [0.25, 0.3) is 0 Å². The number of halogens is 2. The van der Waals surface area contributed by atoms with Gasteiger partial charge in [-0.05, 0) is 36.2 Å². The minimum atomic E-state index is -0.422. The first-order chi connectivity index (χ1) is 9.13. The van der Waals surface area contributed by atoms with Crippen molar-refractivity contribution in [1.82, 2.24) is 5.43 Å². The van der Waals surface area contributed by atoms with Crippen LogP contribution in [0.5, 0.6) is 0 Å². The minimum absolute atomic E-state index is 0.113. The highest BCUT2D eigenvalue weighted by molar-refractivity contribution is 6.30. The van der Waals surface area contributed by atoms with Crippen molar-refractivity contribution in [2.24, 2.45) is 5.84 Å². The Morgan fingerprint density at radius 1 is 1.37 bits per heavy atom. The van der Waals surface area contributed by atoms with E-state index in [1.54, 1.807) is 12.1 Å². The Bertz CT molecular complexity index is 556. The average molecular weight is 283 g/mol. The van der Waals surface area contributed by atoms with Gasteiger partial charge in [-0.1, -0.05) is 24.6 Å². The van der Waals surface area contributed by atoms with E-state index >= 15 is 0 Å². The lowest BCUT2D eigenvalue weighted by atomic mass is 10.0. The predicted octanol–water partition coefficient (Wildman–Crippen LogP) is 3.38. The number of furan rings is 1. The van der Waals surface area contributed by atoms with Crippen LogP contribution < -0.4 is 11.3 Å². The molecule has 0 spiro atoms. The molecule has 1 aromatic carbocycles. The van der Waals surface area contributed by atoms with Crippen LogP contribution in [0.1, 0.15) is 30.0 Å². The summed E-state index contributed by atoms with van der Waals surface area (Å²) in [4.78, 5) is 0. The van der Waals surface area contributed by atoms with Crippen molar-refractivity contribution in [3.05, 3.63) is 58.3 Å². The predicted molar refractivity (Wildman–Crippen MR) is 73.3 cm³/mol. The molecule has 2 rings (SSSR count). The molecule has 0 fully saturated rings. The van der Waals surface area contributed by atoms with E-state index in [9.17, 15) is 4.39 Å². The lowest BCUT2D eigenvalue weighted by Crippen LogP contribution is -2.29. The van der Waals surface area contributed by atoms with E-state index in [2.05, 4.69) is 5.43 Å². The smallest absolute Gasteiger partial charge is 0.141 e. The van der Waals surface area contributed by atoms with Gasteiger partial charge in [-0.3, -0.25) is 5.84 Å². The maximum absolute atomic E-state index is 13.1. The number of aryl methyl sites for hydroxylation is 1. The van der Waals surface area contributed by atoms with Gasteiger partial charge in [-0.25, -0.2) is 9.82 Å². The van der Waals surface area contributed by atoms with Crippen LogP contribution in [-0.4, -0.2) is 0 Å². The highest BCUT2D eigenvalue weighted by Gasteiger charge is 2.15. The number of nitrogens with two attached hydrogens (primary N) is 1. The Balaban J connectivity index is 2.16. The molecule has 1 heterocycles. The fourth-order valence-corrected chi connectivity index (χ4v) is 2.12. The van der Waals surface area contributed by atoms with E-state index in [-0.39, 0.29) is 11.1 Å². The van der Waals surface area contributed by atoms with Crippen molar-refractivity contribution >= 4 is 11.6 Å². The molecule has 0 radical (unpaired) electrons. The van der Waals surface area contributed by atoms with Crippen LogP contribution in [0.2, 0.25) is 5.02 Å². The van der Waals surface area contributed by atoms with Gasteiger partial charge in [0.05, 0.1) is 11.1 Å². The number of hydrogen-bond donors (Lipinski definition) is 2. The Hall–Kier alpha value is -1.36. The number of nitrogens with one attached hydrogen (secondary N) is 1. The lowest BCUT2D eigenvalue weighted by molar-refractivity contribution is 0.396. The second-order valence-corrected chi connectivity index (χ2v) is 4.74. The lowest BCUT2D eigenvalue weighted by Gasteiger charge is -2.13. The van der Waals surface area contributed by atoms with Crippen molar-refractivity contribution in [1.29, 1.82) is 0 Å². The third kappa shape index (κ3) is 3.35. The molecule has 5 heteroatoms. The van der Waals surface area contributed by atoms with Crippen LogP contribution in [0.3, 0.4) is 0 Å².